The van der Waals surface area contributed by atoms with E-state index >= 15 is 0 Å². The Morgan fingerprint density at radius 3 is 2.60 bits per heavy atom. The molecule has 0 aromatic carbocycles. The molecule has 0 rings (SSSR count). The van der Waals surface area contributed by atoms with Crippen LogP contribution in [0.4, 0.5) is 0 Å². The molecular formula is C8H14N2. The molecule has 0 bridgehead atoms. The van der Waals surface area contributed by atoms with Crippen LogP contribution in [0.5, 0.6) is 0 Å². The second-order valence-corrected chi connectivity index (χ2v) is 1.96. The zero-order valence-corrected chi connectivity index (χ0v) is 6.72. The molecule has 0 heterocycles. The van der Waals surface area contributed by atoms with Crippen molar-refractivity contribution >= 4 is 11.9 Å². The number of rotatable bonds is 4. The highest BCUT2D eigenvalue weighted by Gasteiger charge is 1.91. The number of hydrogen-bond donors (Lipinski definition) is 0. The molecular weight excluding hydrogens is 124 g/mol. The fourth-order valence-corrected chi connectivity index (χ4v) is 0.639. The van der Waals surface area contributed by atoms with E-state index in [4.69, 9.17) is 0 Å². The first-order valence-corrected chi connectivity index (χ1v) is 3.45. The van der Waals surface area contributed by atoms with E-state index in [1.165, 1.54) is 0 Å². The third-order valence-corrected chi connectivity index (χ3v) is 1.17. The van der Waals surface area contributed by atoms with Crippen molar-refractivity contribution in [3.05, 3.63) is 6.92 Å². The van der Waals surface area contributed by atoms with Crippen molar-refractivity contribution in [1.29, 1.82) is 0 Å². The highest BCUT2D eigenvalue weighted by molar-refractivity contribution is 6.30. The van der Waals surface area contributed by atoms with Gasteiger partial charge in [0.1, 0.15) is 6.21 Å². The maximum atomic E-state index is 4.00. The fraction of sp³-hybridized carbons (Fsp3) is 0.625. The molecule has 2 heteroatoms. The van der Waals surface area contributed by atoms with Crippen LogP contribution in [0.25, 0.3) is 0 Å². The number of hydrogen-bond acceptors (Lipinski definition) is 2. The molecule has 2 nitrogen and oxygen atoms in total. The molecule has 0 atom stereocenters. The van der Waals surface area contributed by atoms with Gasteiger partial charge in [0.05, 0.1) is 5.71 Å². The third-order valence-electron chi connectivity index (χ3n) is 1.17. The quantitative estimate of drug-likeness (QED) is 0.528. The Bertz CT molecular complexity index is 125. The molecule has 0 aliphatic heterocycles. The molecule has 0 aliphatic rings. The number of nitrogens with zero attached hydrogens (tertiary/aromatic N) is 2. The Hall–Kier alpha value is -0.660. The maximum absolute atomic E-state index is 4.00. The van der Waals surface area contributed by atoms with E-state index in [1.54, 1.807) is 14.1 Å². The first kappa shape index (κ1) is 9.34. The van der Waals surface area contributed by atoms with Crippen molar-refractivity contribution in [3.8, 4) is 0 Å². The molecule has 10 heavy (non-hydrogen) atoms. The monoisotopic (exact) mass is 138 g/mol. The zero-order chi connectivity index (χ0) is 7.82. The Balaban J connectivity index is 3.62. The average Bonchev–Trinajstić information content (AvgIpc) is 1.98. The first-order chi connectivity index (χ1) is 4.85. The Labute approximate surface area is 63.1 Å². The molecule has 0 saturated heterocycles. The van der Waals surface area contributed by atoms with Gasteiger partial charge in [-0.25, -0.2) is 0 Å². The largest absolute Gasteiger partial charge is 0.291 e. The van der Waals surface area contributed by atoms with Gasteiger partial charge in [-0.3, -0.25) is 9.98 Å². The Morgan fingerprint density at radius 2 is 2.20 bits per heavy atom. The van der Waals surface area contributed by atoms with Gasteiger partial charge in [-0.15, -0.1) is 0 Å². The second kappa shape index (κ2) is 6.46. The highest BCUT2D eigenvalue weighted by atomic mass is 14.7. The second-order valence-electron chi connectivity index (χ2n) is 1.96. The summed E-state index contributed by atoms with van der Waals surface area (Å²) in [7, 11) is 3.46. The van der Waals surface area contributed by atoms with Gasteiger partial charge < -0.3 is 0 Å². The summed E-state index contributed by atoms with van der Waals surface area (Å²) in [6, 6.07) is 0. The molecule has 0 unspecified atom stereocenters. The predicted octanol–water partition coefficient (Wildman–Crippen LogP) is 1.64. The lowest BCUT2D eigenvalue weighted by Gasteiger charge is -1.94. The van der Waals surface area contributed by atoms with E-state index in [0.717, 1.165) is 25.0 Å². The summed E-state index contributed by atoms with van der Waals surface area (Å²) < 4.78 is 0. The van der Waals surface area contributed by atoms with Crippen LogP contribution >= 0.6 is 0 Å². The van der Waals surface area contributed by atoms with Crippen molar-refractivity contribution in [2.75, 3.05) is 14.1 Å². The summed E-state index contributed by atoms with van der Waals surface area (Å²) in [4.78, 5) is 7.76. The van der Waals surface area contributed by atoms with Crippen LogP contribution in [0.3, 0.4) is 0 Å². The lowest BCUT2D eigenvalue weighted by Crippen LogP contribution is -1.98. The lowest BCUT2D eigenvalue weighted by atomic mass is 10.2. The van der Waals surface area contributed by atoms with Gasteiger partial charge in [0.15, 0.2) is 0 Å². The van der Waals surface area contributed by atoms with Crippen LogP contribution in [0.15, 0.2) is 9.98 Å². The molecule has 0 spiro atoms. The first-order valence-electron chi connectivity index (χ1n) is 3.45. The van der Waals surface area contributed by atoms with Crippen molar-refractivity contribution in [3.63, 3.8) is 0 Å². The van der Waals surface area contributed by atoms with E-state index in [-0.39, 0.29) is 0 Å². The molecule has 0 amide bonds. The minimum Gasteiger partial charge on any atom is -0.291 e. The van der Waals surface area contributed by atoms with Crippen LogP contribution in [-0.2, 0) is 0 Å². The minimum atomic E-state index is 0.936. The predicted molar refractivity (Wildman–Crippen MR) is 45.9 cm³/mol. The molecule has 56 valence electrons. The molecule has 0 fully saturated rings. The van der Waals surface area contributed by atoms with Crippen LogP contribution < -0.4 is 0 Å². The van der Waals surface area contributed by atoms with Crippen LogP contribution in [0.2, 0.25) is 0 Å². The summed E-state index contributed by atoms with van der Waals surface area (Å²) in [5.74, 6) is 0. The number of unbranched alkanes of at least 4 members (excludes halogenated alkanes) is 1. The van der Waals surface area contributed by atoms with Crippen molar-refractivity contribution < 1.29 is 0 Å². The van der Waals surface area contributed by atoms with Gasteiger partial charge in [-0.2, -0.15) is 0 Å². The van der Waals surface area contributed by atoms with Crippen LogP contribution in [0, 0.1) is 6.92 Å². The summed E-state index contributed by atoms with van der Waals surface area (Å²) >= 11 is 0. The van der Waals surface area contributed by atoms with Gasteiger partial charge in [0.25, 0.3) is 0 Å². The summed E-state index contributed by atoms with van der Waals surface area (Å²) in [5, 5.41) is 0. The lowest BCUT2D eigenvalue weighted by molar-refractivity contribution is 0.895. The van der Waals surface area contributed by atoms with Crippen molar-refractivity contribution in [1.82, 2.24) is 0 Å². The summed E-state index contributed by atoms with van der Waals surface area (Å²) in [6.45, 7) is 3.74. The molecule has 0 aliphatic carbocycles. The van der Waals surface area contributed by atoms with Crippen LogP contribution in [-0.4, -0.2) is 26.0 Å². The Kier molecular flexibility index (Phi) is 6.03. The SMILES string of the molecule is [CH2]CCCC(/[C]=N/C)=NC. The summed E-state index contributed by atoms with van der Waals surface area (Å²) in [5.41, 5.74) is 0.936. The van der Waals surface area contributed by atoms with E-state index < -0.39 is 0 Å². The number of aliphatic imine (C=N–C) groups is 2. The zero-order valence-electron chi connectivity index (χ0n) is 6.72. The maximum Gasteiger partial charge on any atom is 0.105 e. The topological polar surface area (TPSA) is 24.7 Å². The van der Waals surface area contributed by atoms with Crippen molar-refractivity contribution in [2.45, 2.75) is 19.3 Å². The summed E-state index contributed by atoms with van der Waals surface area (Å²) in [6.07, 6.45) is 5.77. The molecule has 0 aromatic heterocycles. The molecule has 2 radical (unpaired) electrons. The highest BCUT2D eigenvalue weighted by Crippen LogP contribution is 1.94. The smallest absolute Gasteiger partial charge is 0.105 e. The average molecular weight is 138 g/mol. The van der Waals surface area contributed by atoms with Gasteiger partial charge in [-0.1, -0.05) is 13.3 Å². The normalized spacial score (nSPS) is 12.9. The Morgan fingerprint density at radius 1 is 1.50 bits per heavy atom. The third kappa shape index (κ3) is 4.24. The van der Waals surface area contributed by atoms with Gasteiger partial charge in [0.2, 0.25) is 0 Å². The van der Waals surface area contributed by atoms with E-state index in [9.17, 15) is 0 Å². The van der Waals surface area contributed by atoms with E-state index in [0.29, 0.717) is 0 Å². The standard InChI is InChI=1S/C8H14N2/c1-4-5-6-8(10-3)7-9-2/h1,4-6H2,2-3H3. The van der Waals surface area contributed by atoms with Gasteiger partial charge in [-0.05, 0) is 12.8 Å². The molecule has 0 aromatic rings. The van der Waals surface area contributed by atoms with Crippen LogP contribution in [0.1, 0.15) is 19.3 Å². The van der Waals surface area contributed by atoms with Crippen molar-refractivity contribution in [2.24, 2.45) is 9.98 Å². The van der Waals surface area contributed by atoms with E-state index in [1.807, 2.05) is 0 Å². The fourth-order valence-electron chi connectivity index (χ4n) is 0.639. The molecule has 0 saturated carbocycles. The van der Waals surface area contributed by atoms with Gasteiger partial charge >= 0.3 is 0 Å². The van der Waals surface area contributed by atoms with E-state index in [2.05, 4.69) is 23.1 Å². The van der Waals surface area contributed by atoms with Gasteiger partial charge in [0, 0.05) is 14.1 Å². The minimum absolute atomic E-state index is 0.936. The molecule has 0 N–H and O–H groups in total.